The van der Waals surface area contributed by atoms with E-state index in [0.717, 1.165) is 11.1 Å². The van der Waals surface area contributed by atoms with Crippen molar-refractivity contribution in [1.29, 1.82) is 0 Å². The van der Waals surface area contributed by atoms with Gasteiger partial charge in [0.15, 0.2) is 0 Å². The second-order valence-corrected chi connectivity index (χ2v) is 8.40. The SMILES string of the molecule is Cc1cccc(CS(=O)(=O)NCCNc2cc(Nc3ccccn3)nc(C)n2)c1. The number of hydrogen-bond acceptors (Lipinski definition) is 7. The number of nitrogens with zero attached hydrogens (tertiary/aromatic N) is 3. The molecule has 0 amide bonds. The van der Waals surface area contributed by atoms with Crippen LogP contribution in [0.25, 0.3) is 0 Å². The summed E-state index contributed by atoms with van der Waals surface area (Å²) in [6.07, 6.45) is 1.69. The highest BCUT2D eigenvalue weighted by molar-refractivity contribution is 7.88. The number of benzene rings is 1. The van der Waals surface area contributed by atoms with E-state index in [2.05, 4.69) is 30.3 Å². The molecule has 0 bridgehead atoms. The van der Waals surface area contributed by atoms with Crippen LogP contribution < -0.4 is 15.4 Å². The number of aryl methyl sites for hydroxylation is 2. The first-order valence-electron chi connectivity index (χ1n) is 9.20. The van der Waals surface area contributed by atoms with Crippen LogP contribution in [0.2, 0.25) is 0 Å². The molecule has 29 heavy (non-hydrogen) atoms. The smallest absolute Gasteiger partial charge is 0.215 e. The Kier molecular flexibility index (Phi) is 6.73. The van der Waals surface area contributed by atoms with E-state index in [9.17, 15) is 8.42 Å². The van der Waals surface area contributed by atoms with Crippen LogP contribution in [0.1, 0.15) is 17.0 Å². The summed E-state index contributed by atoms with van der Waals surface area (Å²) in [5, 5.41) is 6.24. The van der Waals surface area contributed by atoms with Crippen LogP contribution in [-0.4, -0.2) is 36.5 Å². The minimum Gasteiger partial charge on any atom is -0.369 e. The summed E-state index contributed by atoms with van der Waals surface area (Å²) in [4.78, 5) is 12.9. The number of pyridine rings is 1. The van der Waals surface area contributed by atoms with E-state index < -0.39 is 10.0 Å². The molecule has 0 radical (unpaired) electrons. The Morgan fingerprint density at radius 1 is 0.897 bits per heavy atom. The fraction of sp³-hybridized carbons (Fsp3) is 0.250. The molecule has 1 aromatic carbocycles. The lowest BCUT2D eigenvalue weighted by Crippen LogP contribution is -2.30. The van der Waals surface area contributed by atoms with Crippen molar-refractivity contribution in [1.82, 2.24) is 19.7 Å². The van der Waals surface area contributed by atoms with Crippen molar-refractivity contribution in [2.24, 2.45) is 0 Å². The van der Waals surface area contributed by atoms with Crippen molar-refractivity contribution in [3.63, 3.8) is 0 Å². The Morgan fingerprint density at radius 3 is 2.48 bits per heavy atom. The van der Waals surface area contributed by atoms with E-state index in [-0.39, 0.29) is 12.3 Å². The van der Waals surface area contributed by atoms with Crippen LogP contribution in [0.5, 0.6) is 0 Å². The highest BCUT2D eigenvalue weighted by Gasteiger charge is 2.11. The molecule has 3 aromatic rings. The van der Waals surface area contributed by atoms with Gasteiger partial charge >= 0.3 is 0 Å². The molecule has 152 valence electrons. The number of anilines is 3. The number of nitrogens with one attached hydrogen (secondary N) is 3. The van der Waals surface area contributed by atoms with Crippen LogP contribution in [0.4, 0.5) is 17.5 Å². The minimum absolute atomic E-state index is 0.0422. The van der Waals surface area contributed by atoms with Gasteiger partial charge < -0.3 is 10.6 Å². The lowest BCUT2D eigenvalue weighted by molar-refractivity contribution is 0.582. The molecule has 2 aromatic heterocycles. The van der Waals surface area contributed by atoms with Crippen molar-refractivity contribution >= 4 is 27.5 Å². The van der Waals surface area contributed by atoms with Gasteiger partial charge in [-0.1, -0.05) is 35.9 Å². The molecule has 2 heterocycles. The predicted molar refractivity (Wildman–Crippen MR) is 115 cm³/mol. The largest absolute Gasteiger partial charge is 0.369 e. The summed E-state index contributed by atoms with van der Waals surface area (Å²) in [6.45, 7) is 4.38. The van der Waals surface area contributed by atoms with Crippen LogP contribution in [0.3, 0.4) is 0 Å². The van der Waals surface area contributed by atoms with Crippen molar-refractivity contribution in [3.05, 3.63) is 71.7 Å². The van der Waals surface area contributed by atoms with Crippen molar-refractivity contribution in [2.75, 3.05) is 23.7 Å². The average Bonchev–Trinajstić information content (AvgIpc) is 2.65. The summed E-state index contributed by atoms with van der Waals surface area (Å²) in [5.41, 5.74) is 1.80. The predicted octanol–water partition coefficient (Wildman–Crippen LogP) is 2.76. The molecule has 8 nitrogen and oxygen atoms in total. The number of hydrogen-bond donors (Lipinski definition) is 3. The Morgan fingerprint density at radius 2 is 1.72 bits per heavy atom. The Hall–Kier alpha value is -3.04. The van der Waals surface area contributed by atoms with Gasteiger partial charge in [-0.2, -0.15) is 0 Å². The molecular formula is C20H24N6O2S. The summed E-state index contributed by atoms with van der Waals surface area (Å²) in [6, 6.07) is 14.8. The number of sulfonamides is 1. The summed E-state index contributed by atoms with van der Waals surface area (Å²) < 4.78 is 27.1. The number of aromatic nitrogens is 3. The zero-order chi connectivity index (χ0) is 20.7. The molecule has 9 heteroatoms. The van der Waals surface area contributed by atoms with Crippen LogP contribution in [-0.2, 0) is 15.8 Å². The monoisotopic (exact) mass is 412 g/mol. The molecule has 0 atom stereocenters. The Bertz CT molecular complexity index is 1060. The minimum atomic E-state index is -3.41. The zero-order valence-corrected chi connectivity index (χ0v) is 17.2. The molecule has 0 unspecified atom stereocenters. The van der Waals surface area contributed by atoms with Crippen LogP contribution in [0, 0.1) is 13.8 Å². The van der Waals surface area contributed by atoms with Crippen LogP contribution >= 0.6 is 0 Å². The zero-order valence-electron chi connectivity index (χ0n) is 16.4. The molecule has 0 aliphatic heterocycles. The second-order valence-electron chi connectivity index (χ2n) is 6.59. The standard InChI is InChI=1S/C20H24N6O2S/c1-15-6-5-7-17(12-15)14-29(27,28)23-11-10-22-19-13-20(25-16(2)24-19)26-18-8-3-4-9-21-18/h3-9,12-13,23H,10-11,14H2,1-2H3,(H2,21,22,24,25,26). The van der Waals surface area contributed by atoms with Gasteiger partial charge in [-0.3, -0.25) is 0 Å². The summed E-state index contributed by atoms with van der Waals surface area (Å²) in [5.74, 6) is 2.45. The fourth-order valence-corrected chi connectivity index (χ4v) is 3.89. The molecule has 3 rings (SSSR count). The fourth-order valence-electron chi connectivity index (χ4n) is 2.76. The topological polar surface area (TPSA) is 109 Å². The molecule has 0 aliphatic rings. The van der Waals surface area contributed by atoms with Gasteiger partial charge in [-0.05, 0) is 31.5 Å². The normalized spacial score (nSPS) is 11.2. The van der Waals surface area contributed by atoms with Gasteiger partial charge in [-0.25, -0.2) is 28.1 Å². The third kappa shape index (κ3) is 6.81. The average molecular weight is 413 g/mol. The van der Waals surface area contributed by atoms with E-state index in [1.165, 1.54) is 0 Å². The van der Waals surface area contributed by atoms with Crippen LogP contribution in [0.15, 0.2) is 54.7 Å². The molecule has 0 saturated heterocycles. The number of rotatable bonds is 9. The first-order valence-corrected chi connectivity index (χ1v) is 10.9. The third-order valence-electron chi connectivity index (χ3n) is 3.95. The third-order valence-corrected chi connectivity index (χ3v) is 5.31. The maximum absolute atomic E-state index is 12.3. The van der Waals surface area contributed by atoms with Gasteiger partial charge in [0.2, 0.25) is 10.0 Å². The highest BCUT2D eigenvalue weighted by Crippen LogP contribution is 2.15. The molecule has 0 saturated carbocycles. The molecular weight excluding hydrogens is 388 g/mol. The van der Waals surface area contributed by atoms with Crippen molar-refractivity contribution < 1.29 is 8.42 Å². The summed E-state index contributed by atoms with van der Waals surface area (Å²) in [7, 11) is -3.41. The van der Waals surface area contributed by atoms with Crippen molar-refractivity contribution in [2.45, 2.75) is 19.6 Å². The lowest BCUT2D eigenvalue weighted by atomic mass is 10.2. The molecule has 0 fully saturated rings. The van der Waals surface area contributed by atoms with Gasteiger partial charge in [0.25, 0.3) is 0 Å². The maximum Gasteiger partial charge on any atom is 0.215 e. The van der Waals surface area contributed by atoms with Gasteiger partial charge in [0.1, 0.15) is 23.3 Å². The van der Waals surface area contributed by atoms with Crippen molar-refractivity contribution in [3.8, 4) is 0 Å². The van der Waals surface area contributed by atoms with Gasteiger partial charge in [0, 0.05) is 25.4 Å². The first kappa shape index (κ1) is 20.7. The van der Waals surface area contributed by atoms with E-state index in [0.29, 0.717) is 29.8 Å². The van der Waals surface area contributed by atoms with Gasteiger partial charge in [-0.15, -0.1) is 0 Å². The molecule has 0 spiro atoms. The highest BCUT2D eigenvalue weighted by atomic mass is 32.2. The summed E-state index contributed by atoms with van der Waals surface area (Å²) >= 11 is 0. The Labute approximate surface area is 170 Å². The Balaban J connectivity index is 1.52. The van der Waals surface area contributed by atoms with E-state index >= 15 is 0 Å². The second kappa shape index (κ2) is 9.44. The molecule has 3 N–H and O–H groups in total. The quantitative estimate of drug-likeness (QED) is 0.464. The van der Waals surface area contributed by atoms with E-state index in [1.807, 2.05) is 49.4 Å². The first-order chi connectivity index (χ1) is 13.9. The maximum atomic E-state index is 12.3. The van der Waals surface area contributed by atoms with Gasteiger partial charge in [0.05, 0.1) is 5.75 Å². The molecule has 0 aliphatic carbocycles. The van der Waals surface area contributed by atoms with E-state index in [4.69, 9.17) is 0 Å². The van der Waals surface area contributed by atoms with E-state index in [1.54, 1.807) is 19.2 Å². The lowest BCUT2D eigenvalue weighted by Gasteiger charge is -2.11.